The van der Waals surface area contributed by atoms with Gasteiger partial charge in [-0.1, -0.05) is 170 Å². The summed E-state index contributed by atoms with van der Waals surface area (Å²) in [6, 6.07) is 79.1. The van der Waals surface area contributed by atoms with Gasteiger partial charge in [-0.05, 0) is 118 Å². The van der Waals surface area contributed by atoms with Crippen molar-refractivity contribution in [3.8, 4) is 33.4 Å². The van der Waals surface area contributed by atoms with Gasteiger partial charge in [-0.2, -0.15) is 0 Å². The Bertz CT molecular complexity index is 3290. The van der Waals surface area contributed by atoms with Gasteiger partial charge in [-0.25, -0.2) is 0 Å². The van der Waals surface area contributed by atoms with Crippen LogP contribution in [0.1, 0.15) is 47.2 Å². The lowest BCUT2D eigenvalue weighted by Crippen LogP contribution is -2.22. The molecular weight excluding hydrogens is 743 g/mol. The maximum absolute atomic E-state index is 2.51. The summed E-state index contributed by atoms with van der Waals surface area (Å²) >= 11 is 1.87. The Morgan fingerprint density at radius 3 is 1.67 bits per heavy atom. The SMILES string of the molecule is CC1(c2ccccc2)c2ccccc2-c2cc(N(c3ccc(-c4ccc5c(c4)sc4ccccc45)cc3)c3cccc4c3-c3ccccc3C4(C)c3ccccc3)ccc21. The fraction of sp³-hybridized carbons (Fsp3) is 0.0690. The second kappa shape index (κ2) is 13.3. The molecule has 0 fully saturated rings. The predicted octanol–water partition coefficient (Wildman–Crippen LogP) is 15.9. The van der Waals surface area contributed by atoms with Crippen molar-refractivity contribution >= 4 is 48.6 Å². The van der Waals surface area contributed by atoms with E-state index in [1.165, 1.54) is 92.6 Å². The molecule has 2 unspecified atom stereocenters. The van der Waals surface area contributed by atoms with E-state index in [0.29, 0.717) is 0 Å². The minimum atomic E-state index is -0.307. The van der Waals surface area contributed by atoms with Gasteiger partial charge < -0.3 is 4.90 Å². The standard InChI is InChI=1S/C58H41NS/c1-57(40-16-5-3-6-17-40)49-23-12-9-20-44(49)48-37-43(33-35-51(48)57)59(42-31-28-38(29-32-42)39-30-34-46-45-21-11-14-27-54(45)60-55(46)36-39)53-26-15-25-52-56(53)47-22-10-13-24-50(47)58(52,2)41-18-7-4-8-19-41/h3-37H,1-2H3. The van der Waals surface area contributed by atoms with E-state index in [2.05, 4.69) is 231 Å². The Labute approximate surface area is 355 Å². The van der Waals surface area contributed by atoms with E-state index < -0.39 is 0 Å². The zero-order valence-electron chi connectivity index (χ0n) is 33.6. The Kier molecular flexibility index (Phi) is 7.73. The van der Waals surface area contributed by atoms with Gasteiger partial charge in [0.15, 0.2) is 0 Å². The fourth-order valence-corrected chi connectivity index (χ4v) is 11.8. The van der Waals surface area contributed by atoms with Gasteiger partial charge in [0.2, 0.25) is 0 Å². The highest BCUT2D eigenvalue weighted by atomic mass is 32.1. The lowest BCUT2D eigenvalue weighted by Gasteiger charge is -2.31. The van der Waals surface area contributed by atoms with Crippen molar-refractivity contribution in [2.75, 3.05) is 4.90 Å². The van der Waals surface area contributed by atoms with E-state index in [1.54, 1.807) is 0 Å². The first-order valence-electron chi connectivity index (χ1n) is 20.9. The van der Waals surface area contributed by atoms with Crippen LogP contribution in [0.5, 0.6) is 0 Å². The van der Waals surface area contributed by atoms with Crippen LogP contribution in [0.2, 0.25) is 0 Å². The molecule has 0 amide bonds. The summed E-state index contributed by atoms with van der Waals surface area (Å²) in [4.78, 5) is 2.51. The van der Waals surface area contributed by atoms with Crippen LogP contribution < -0.4 is 4.90 Å². The van der Waals surface area contributed by atoms with Crippen molar-refractivity contribution in [2.24, 2.45) is 0 Å². The first-order chi connectivity index (χ1) is 29.5. The van der Waals surface area contributed by atoms with Crippen LogP contribution in [-0.4, -0.2) is 0 Å². The van der Waals surface area contributed by atoms with Crippen molar-refractivity contribution in [3.05, 3.63) is 246 Å². The molecule has 10 aromatic rings. The summed E-state index contributed by atoms with van der Waals surface area (Å²) in [6.45, 7) is 4.80. The van der Waals surface area contributed by atoms with Crippen LogP contribution >= 0.6 is 11.3 Å². The molecule has 9 aromatic carbocycles. The van der Waals surface area contributed by atoms with E-state index in [1.807, 2.05) is 11.3 Å². The molecule has 0 saturated heterocycles. The number of anilines is 3. The van der Waals surface area contributed by atoms with Crippen LogP contribution in [0.15, 0.2) is 212 Å². The third kappa shape index (κ3) is 4.98. The molecule has 1 nitrogen and oxygen atoms in total. The third-order valence-electron chi connectivity index (χ3n) is 13.7. The summed E-state index contributed by atoms with van der Waals surface area (Å²) in [5.74, 6) is 0. The monoisotopic (exact) mass is 783 g/mol. The number of benzene rings is 9. The molecule has 0 saturated carbocycles. The first-order valence-corrected chi connectivity index (χ1v) is 21.7. The lowest BCUT2D eigenvalue weighted by atomic mass is 9.74. The normalized spacial score (nSPS) is 17.3. The van der Waals surface area contributed by atoms with E-state index in [9.17, 15) is 0 Å². The molecule has 0 aliphatic heterocycles. The van der Waals surface area contributed by atoms with Crippen LogP contribution in [0.3, 0.4) is 0 Å². The smallest absolute Gasteiger partial charge is 0.0543 e. The molecule has 2 aliphatic carbocycles. The molecule has 12 rings (SSSR count). The summed E-state index contributed by atoms with van der Waals surface area (Å²) < 4.78 is 2.65. The summed E-state index contributed by atoms with van der Waals surface area (Å²) in [5, 5.41) is 2.65. The molecule has 2 aliphatic rings. The molecular formula is C58H41NS. The highest BCUT2D eigenvalue weighted by Crippen LogP contribution is 2.58. The Hall–Kier alpha value is -7.00. The fourth-order valence-electron chi connectivity index (χ4n) is 10.6. The first kappa shape index (κ1) is 35.0. The Balaban J connectivity index is 1.06. The van der Waals surface area contributed by atoms with Crippen molar-refractivity contribution in [1.82, 2.24) is 0 Å². The Morgan fingerprint density at radius 2 is 0.917 bits per heavy atom. The van der Waals surface area contributed by atoms with Crippen molar-refractivity contribution < 1.29 is 0 Å². The molecule has 0 radical (unpaired) electrons. The van der Waals surface area contributed by atoms with Crippen LogP contribution in [-0.2, 0) is 10.8 Å². The number of hydrogen-bond donors (Lipinski definition) is 0. The number of nitrogens with zero attached hydrogens (tertiary/aromatic N) is 1. The molecule has 0 bridgehead atoms. The van der Waals surface area contributed by atoms with Crippen molar-refractivity contribution in [2.45, 2.75) is 24.7 Å². The molecule has 0 spiro atoms. The molecule has 1 heterocycles. The number of hydrogen-bond acceptors (Lipinski definition) is 2. The van der Waals surface area contributed by atoms with E-state index in [-0.39, 0.29) is 10.8 Å². The predicted molar refractivity (Wildman–Crippen MR) is 254 cm³/mol. The lowest BCUT2D eigenvalue weighted by molar-refractivity contribution is 0.713. The molecule has 284 valence electrons. The van der Waals surface area contributed by atoms with E-state index >= 15 is 0 Å². The zero-order valence-corrected chi connectivity index (χ0v) is 34.4. The highest BCUT2D eigenvalue weighted by Gasteiger charge is 2.43. The van der Waals surface area contributed by atoms with Crippen molar-refractivity contribution in [1.29, 1.82) is 0 Å². The molecule has 60 heavy (non-hydrogen) atoms. The minimum Gasteiger partial charge on any atom is -0.310 e. The van der Waals surface area contributed by atoms with Crippen LogP contribution in [0.25, 0.3) is 53.6 Å². The van der Waals surface area contributed by atoms with Gasteiger partial charge in [-0.15, -0.1) is 11.3 Å². The largest absolute Gasteiger partial charge is 0.310 e. The minimum absolute atomic E-state index is 0.266. The molecule has 0 N–H and O–H groups in total. The van der Waals surface area contributed by atoms with Gasteiger partial charge >= 0.3 is 0 Å². The average Bonchev–Trinajstić information content (AvgIpc) is 3.91. The molecule has 2 atom stereocenters. The van der Waals surface area contributed by atoms with Crippen molar-refractivity contribution in [3.63, 3.8) is 0 Å². The van der Waals surface area contributed by atoms with E-state index in [4.69, 9.17) is 0 Å². The highest BCUT2D eigenvalue weighted by molar-refractivity contribution is 7.25. The summed E-state index contributed by atoms with van der Waals surface area (Å²) in [6.07, 6.45) is 0. The average molecular weight is 784 g/mol. The maximum atomic E-state index is 2.51. The quantitative estimate of drug-likeness (QED) is 0.162. The zero-order chi connectivity index (χ0) is 40.0. The number of rotatable bonds is 6. The maximum Gasteiger partial charge on any atom is 0.0543 e. The Morgan fingerprint density at radius 1 is 0.367 bits per heavy atom. The van der Waals surface area contributed by atoms with Gasteiger partial charge in [0.1, 0.15) is 0 Å². The second-order valence-electron chi connectivity index (χ2n) is 16.7. The molecule has 2 heteroatoms. The summed E-state index contributed by atoms with van der Waals surface area (Å²) in [5.41, 5.74) is 18.4. The number of thiophene rings is 1. The van der Waals surface area contributed by atoms with Gasteiger partial charge in [-0.3, -0.25) is 0 Å². The second-order valence-corrected chi connectivity index (χ2v) is 17.8. The third-order valence-corrected chi connectivity index (χ3v) is 14.8. The van der Waals surface area contributed by atoms with Gasteiger partial charge in [0.25, 0.3) is 0 Å². The van der Waals surface area contributed by atoms with Gasteiger partial charge in [0.05, 0.1) is 5.69 Å². The van der Waals surface area contributed by atoms with Crippen LogP contribution in [0, 0.1) is 0 Å². The topological polar surface area (TPSA) is 3.24 Å². The van der Waals surface area contributed by atoms with Gasteiger partial charge in [0, 0.05) is 47.9 Å². The van der Waals surface area contributed by atoms with Crippen LogP contribution in [0.4, 0.5) is 17.1 Å². The molecule has 1 aromatic heterocycles. The summed E-state index contributed by atoms with van der Waals surface area (Å²) in [7, 11) is 0. The van der Waals surface area contributed by atoms with E-state index in [0.717, 1.165) is 11.4 Å². The number of fused-ring (bicyclic) bond motifs is 9.